The zero-order chi connectivity index (χ0) is 12.0. The summed E-state index contributed by atoms with van der Waals surface area (Å²) in [5, 5.41) is 0. The maximum absolute atomic E-state index is 5.59. The highest BCUT2D eigenvalue weighted by Crippen LogP contribution is 2.23. The average Bonchev–Trinajstić information content (AvgIpc) is 2.24. The molecule has 1 unspecified atom stereocenters. The van der Waals surface area contributed by atoms with Crippen LogP contribution in [-0.2, 0) is 9.47 Å². The fourth-order valence-electron chi connectivity index (χ4n) is 2.42. The SMILES string of the molecule is COCC(CCCN)N1CCOCC1(C)C. The molecule has 0 aromatic heterocycles. The molecule has 0 amide bonds. The number of hydrogen-bond donors (Lipinski definition) is 1. The van der Waals surface area contributed by atoms with Crippen LogP contribution in [-0.4, -0.2) is 56.5 Å². The number of nitrogens with two attached hydrogens (primary N) is 1. The van der Waals surface area contributed by atoms with Crippen LogP contribution in [0.2, 0.25) is 0 Å². The molecule has 1 heterocycles. The molecule has 0 saturated carbocycles. The van der Waals surface area contributed by atoms with E-state index in [0.29, 0.717) is 6.04 Å². The highest BCUT2D eigenvalue weighted by molar-refractivity contribution is 4.89. The normalized spacial score (nSPS) is 23.2. The molecule has 4 heteroatoms. The average molecular weight is 230 g/mol. The van der Waals surface area contributed by atoms with Gasteiger partial charge < -0.3 is 15.2 Å². The molecule has 1 rings (SSSR count). The fraction of sp³-hybridized carbons (Fsp3) is 1.00. The highest BCUT2D eigenvalue weighted by Gasteiger charge is 2.35. The largest absolute Gasteiger partial charge is 0.383 e. The van der Waals surface area contributed by atoms with E-state index in [-0.39, 0.29) is 5.54 Å². The second-order valence-corrected chi connectivity index (χ2v) is 5.10. The summed E-state index contributed by atoms with van der Waals surface area (Å²) in [6, 6.07) is 0.465. The number of morpholine rings is 1. The zero-order valence-corrected chi connectivity index (χ0v) is 10.9. The predicted molar refractivity (Wildman–Crippen MR) is 65.6 cm³/mol. The minimum Gasteiger partial charge on any atom is -0.383 e. The van der Waals surface area contributed by atoms with Gasteiger partial charge in [-0.25, -0.2) is 0 Å². The van der Waals surface area contributed by atoms with E-state index in [1.54, 1.807) is 7.11 Å². The summed E-state index contributed by atoms with van der Waals surface area (Å²) in [5.74, 6) is 0. The molecule has 1 saturated heterocycles. The Labute approximate surface area is 99.1 Å². The second kappa shape index (κ2) is 6.55. The van der Waals surface area contributed by atoms with Gasteiger partial charge in [0.1, 0.15) is 0 Å². The van der Waals surface area contributed by atoms with Gasteiger partial charge in [0.15, 0.2) is 0 Å². The Morgan fingerprint density at radius 1 is 1.50 bits per heavy atom. The zero-order valence-electron chi connectivity index (χ0n) is 10.9. The van der Waals surface area contributed by atoms with Crippen molar-refractivity contribution >= 4 is 0 Å². The van der Waals surface area contributed by atoms with Crippen LogP contribution in [0.5, 0.6) is 0 Å². The topological polar surface area (TPSA) is 47.7 Å². The molecule has 0 bridgehead atoms. The quantitative estimate of drug-likeness (QED) is 0.735. The lowest BCUT2D eigenvalue weighted by atomic mass is 9.97. The Balaban J connectivity index is 2.59. The lowest BCUT2D eigenvalue weighted by molar-refractivity contribution is -0.0854. The van der Waals surface area contributed by atoms with Crippen molar-refractivity contribution in [3.05, 3.63) is 0 Å². The van der Waals surface area contributed by atoms with Gasteiger partial charge in [-0.05, 0) is 33.2 Å². The van der Waals surface area contributed by atoms with Gasteiger partial charge in [0.05, 0.1) is 19.8 Å². The molecule has 1 fully saturated rings. The molecule has 0 aromatic rings. The van der Waals surface area contributed by atoms with Crippen LogP contribution in [0.15, 0.2) is 0 Å². The number of nitrogens with zero attached hydrogens (tertiary/aromatic N) is 1. The maximum atomic E-state index is 5.59. The first-order chi connectivity index (χ1) is 7.61. The third kappa shape index (κ3) is 3.70. The summed E-state index contributed by atoms with van der Waals surface area (Å²) >= 11 is 0. The first-order valence-corrected chi connectivity index (χ1v) is 6.15. The van der Waals surface area contributed by atoms with Crippen LogP contribution in [0.25, 0.3) is 0 Å². The molecule has 96 valence electrons. The van der Waals surface area contributed by atoms with E-state index < -0.39 is 0 Å². The van der Waals surface area contributed by atoms with Crippen molar-refractivity contribution in [2.75, 3.05) is 40.0 Å². The molecule has 0 spiro atoms. The summed E-state index contributed by atoms with van der Waals surface area (Å²) in [5.41, 5.74) is 5.69. The van der Waals surface area contributed by atoms with Crippen molar-refractivity contribution in [2.24, 2.45) is 5.73 Å². The van der Waals surface area contributed by atoms with E-state index in [9.17, 15) is 0 Å². The van der Waals surface area contributed by atoms with Crippen LogP contribution in [0.4, 0.5) is 0 Å². The summed E-state index contributed by atoms with van der Waals surface area (Å²) in [6.07, 6.45) is 2.16. The molecular formula is C12H26N2O2. The van der Waals surface area contributed by atoms with Crippen molar-refractivity contribution < 1.29 is 9.47 Å². The van der Waals surface area contributed by atoms with Crippen LogP contribution in [0, 0.1) is 0 Å². The van der Waals surface area contributed by atoms with E-state index in [1.807, 2.05) is 0 Å². The third-order valence-corrected chi connectivity index (χ3v) is 3.25. The van der Waals surface area contributed by atoms with Gasteiger partial charge in [0.25, 0.3) is 0 Å². The van der Waals surface area contributed by atoms with Gasteiger partial charge in [-0.2, -0.15) is 0 Å². The molecule has 2 N–H and O–H groups in total. The lowest BCUT2D eigenvalue weighted by Crippen LogP contribution is -2.58. The van der Waals surface area contributed by atoms with E-state index in [2.05, 4.69) is 18.7 Å². The van der Waals surface area contributed by atoms with Gasteiger partial charge in [0.2, 0.25) is 0 Å². The summed E-state index contributed by atoms with van der Waals surface area (Å²) < 4.78 is 10.9. The molecule has 1 aliphatic heterocycles. The van der Waals surface area contributed by atoms with E-state index >= 15 is 0 Å². The molecule has 16 heavy (non-hydrogen) atoms. The molecular weight excluding hydrogens is 204 g/mol. The Kier molecular flexibility index (Phi) is 5.69. The van der Waals surface area contributed by atoms with Crippen LogP contribution >= 0.6 is 0 Å². The molecule has 4 nitrogen and oxygen atoms in total. The van der Waals surface area contributed by atoms with Crippen molar-refractivity contribution in [3.8, 4) is 0 Å². The third-order valence-electron chi connectivity index (χ3n) is 3.25. The maximum Gasteiger partial charge on any atom is 0.0645 e. The van der Waals surface area contributed by atoms with Gasteiger partial charge in [-0.1, -0.05) is 0 Å². The van der Waals surface area contributed by atoms with Crippen molar-refractivity contribution in [1.82, 2.24) is 4.90 Å². The van der Waals surface area contributed by atoms with E-state index in [1.165, 1.54) is 0 Å². The summed E-state index contributed by atoms with van der Waals surface area (Å²) in [7, 11) is 1.77. The molecule has 0 aliphatic carbocycles. The highest BCUT2D eigenvalue weighted by atomic mass is 16.5. The first kappa shape index (κ1) is 13.9. The second-order valence-electron chi connectivity index (χ2n) is 5.10. The molecule has 1 aliphatic rings. The standard InChI is InChI=1S/C12H26N2O2/c1-12(2)10-16-8-7-14(12)11(9-15-3)5-4-6-13/h11H,4-10,13H2,1-3H3. The Morgan fingerprint density at radius 2 is 2.25 bits per heavy atom. The minimum absolute atomic E-state index is 0.107. The van der Waals surface area contributed by atoms with E-state index in [0.717, 1.165) is 45.8 Å². The predicted octanol–water partition coefficient (Wildman–Crippen LogP) is 0.851. The first-order valence-electron chi connectivity index (χ1n) is 6.15. The number of rotatable bonds is 6. The number of ether oxygens (including phenoxy) is 2. The molecule has 1 atom stereocenters. The van der Waals surface area contributed by atoms with Crippen molar-refractivity contribution in [2.45, 2.75) is 38.3 Å². The molecule has 0 aromatic carbocycles. The minimum atomic E-state index is 0.107. The van der Waals surface area contributed by atoms with Gasteiger partial charge in [-0.3, -0.25) is 4.90 Å². The Bertz CT molecular complexity index is 197. The van der Waals surface area contributed by atoms with Crippen LogP contribution in [0.3, 0.4) is 0 Å². The van der Waals surface area contributed by atoms with E-state index in [4.69, 9.17) is 15.2 Å². The van der Waals surface area contributed by atoms with Crippen LogP contribution < -0.4 is 5.73 Å². The van der Waals surface area contributed by atoms with Crippen LogP contribution in [0.1, 0.15) is 26.7 Å². The lowest BCUT2D eigenvalue weighted by Gasteiger charge is -2.46. The van der Waals surface area contributed by atoms with Crippen molar-refractivity contribution in [3.63, 3.8) is 0 Å². The summed E-state index contributed by atoms with van der Waals surface area (Å²) in [6.45, 7) is 8.62. The fourth-order valence-corrected chi connectivity index (χ4v) is 2.42. The number of methoxy groups -OCH3 is 1. The monoisotopic (exact) mass is 230 g/mol. The Morgan fingerprint density at radius 3 is 2.81 bits per heavy atom. The van der Waals surface area contributed by atoms with Crippen molar-refractivity contribution in [1.29, 1.82) is 0 Å². The van der Waals surface area contributed by atoms with Gasteiger partial charge in [-0.15, -0.1) is 0 Å². The summed E-state index contributed by atoms with van der Waals surface area (Å²) in [4.78, 5) is 2.51. The number of hydrogen-bond acceptors (Lipinski definition) is 4. The van der Waals surface area contributed by atoms with Gasteiger partial charge >= 0.3 is 0 Å². The smallest absolute Gasteiger partial charge is 0.0645 e. The molecule has 0 radical (unpaired) electrons. The Hall–Kier alpha value is -0.160. The van der Waals surface area contributed by atoms with Gasteiger partial charge in [0, 0.05) is 25.2 Å².